The van der Waals surface area contributed by atoms with E-state index in [1.54, 1.807) is 0 Å². The highest BCUT2D eigenvalue weighted by Gasteiger charge is 2.22. The van der Waals surface area contributed by atoms with Gasteiger partial charge in [-0.15, -0.1) is 0 Å². The number of rotatable bonds is 7. The minimum atomic E-state index is 0.440. The van der Waals surface area contributed by atoms with Gasteiger partial charge in [-0.25, -0.2) is 0 Å². The fourth-order valence-corrected chi connectivity index (χ4v) is 2.50. The van der Waals surface area contributed by atoms with Gasteiger partial charge in [0, 0.05) is 12.6 Å². The first-order valence-electron chi connectivity index (χ1n) is 6.57. The van der Waals surface area contributed by atoms with Crippen LogP contribution in [0, 0.1) is 12.8 Å². The van der Waals surface area contributed by atoms with Crippen LogP contribution in [-0.4, -0.2) is 24.5 Å². The molecule has 1 aromatic heterocycles. The zero-order valence-electron chi connectivity index (χ0n) is 11.6. The molecule has 0 aliphatic heterocycles. The smallest absolute Gasteiger partial charge is 0.118 e. The molecule has 3 heteroatoms. The van der Waals surface area contributed by atoms with Gasteiger partial charge in [0.2, 0.25) is 0 Å². The van der Waals surface area contributed by atoms with Gasteiger partial charge < -0.3 is 10.2 Å². The number of likely N-dealkylation sites (N-methyl/N-ethyl adjacent to an activating group) is 1. The predicted molar refractivity (Wildman–Crippen MR) is 71.8 cm³/mol. The Labute approximate surface area is 105 Å². The van der Waals surface area contributed by atoms with Crippen molar-refractivity contribution in [2.45, 2.75) is 46.2 Å². The molecule has 17 heavy (non-hydrogen) atoms. The maximum atomic E-state index is 5.91. The van der Waals surface area contributed by atoms with Gasteiger partial charge in [0.1, 0.15) is 11.5 Å². The van der Waals surface area contributed by atoms with Crippen molar-refractivity contribution in [3.63, 3.8) is 0 Å². The van der Waals surface area contributed by atoms with E-state index in [0.717, 1.165) is 18.1 Å². The Bertz CT molecular complexity index is 318. The van der Waals surface area contributed by atoms with E-state index in [-0.39, 0.29) is 0 Å². The molecule has 0 spiro atoms. The molecule has 1 rings (SSSR count). The number of hydrogen-bond donors (Lipinski definition) is 1. The van der Waals surface area contributed by atoms with Gasteiger partial charge in [0.05, 0.1) is 6.54 Å². The van der Waals surface area contributed by atoms with Crippen LogP contribution in [0.4, 0.5) is 0 Å². The van der Waals surface area contributed by atoms with Crippen molar-refractivity contribution in [2.75, 3.05) is 13.6 Å². The standard InChI is InChI=1S/C14H26N2O/c1-5-12(6-2)14(9-15)16(4)10-13-8-7-11(3)17-13/h7-8,12,14H,5-6,9-10,15H2,1-4H3. The highest BCUT2D eigenvalue weighted by atomic mass is 16.3. The molecule has 0 saturated heterocycles. The molecule has 0 aromatic carbocycles. The van der Waals surface area contributed by atoms with E-state index < -0.39 is 0 Å². The second-order valence-corrected chi connectivity index (χ2v) is 4.81. The summed E-state index contributed by atoms with van der Waals surface area (Å²) in [7, 11) is 2.13. The van der Waals surface area contributed by atoms with Crippen LogP contribution in [0.3, 0.4) is 0 Å². The molecular formula is C14H26N2O. The quantitative estimate of drug-likeness (QED) is 0.794. The summed E-state index contributed by atoms with van der Waals surface area (Å²) < 4.78 is 5.61. The van der Waals surface area contributed by atoms with Gasteiger partial charge in [-0.05, 0) is 32.0 Å². The topological polar surface area (TPSA) is 42.4 Å². The predicted octanol–water partition coefficient (Wildman–Crippen LogP) is 2.78. The first-order chi connectivity index (χ1) is 8.12. The Balaban J connectivity index is 2.62. The fourth-order valence-electron chi connectivity index (χ4n) is 2.50. The molecule has 1 unspecified atom stereocenters. The molecule has 3 nitrogen and oxygen atoms in total. The molecule has 2 N–H and O–H groups in total. The van der Waals surface area contributed by atoms with E-state index in [1.807, 2.05) is 19.1 Å². The lowest BCUT2D eigenvalue weighted by molar-refractivity contribution is 0.155. The molecule has 0 radical (unpaired) electrons. The van der Waals surface area contributed by atoms with E-state index in [9.17, 15) is 0 Å². The third kappa shape index (κ3) is 3.86. The number of nitrogens with zero attached hydrogens (tertiary/aromatic N) is 1. The van der Waals surface area contributed by atoms with Crippen molar-refractivity contribution in [3.05, 3.63) is 23.7 Å². The van der Waals surface area contributed by atoms with E-state index in [2.05, 4.69) is 25.8 Å². The Morgan fingerprint density at radius 3 is 2.35 bits per heavy atom. The SMILES string of the molecule is CCC(CC)C(CN)N(C)Cc1ccc(C)o1. The summed E-state index contributed by atoms with van der Waals surface area (Å²) >= 11 is 0. The Morgan fingerprint density at radius 1 is 1.29 bits per heavy atom. The summed E-state index contributed by atoms with van der Waals surface area (Å²) in [6.07, 6.45) is 2.36. The molecule has 98 valence electrons. The van der Waals surface area contributed by atoms with Crippen LogP contribution in [-0.2, 0) is 6.54 Å². The molecule has 0 amide bonds. The summed E-state index contributed by atoms with van der Waals surface area (Å²) in [4.78, 5) is 2.32. The summed E-state index contributed by atoms with van der Waals surface area (Å²) in [5, 5.41) is 0. The summed E-state index contributed by atoms with van der Waals surface area (Å²) in [5.41, 5.74) is 5.91. The molecule has 0 aliphatic carbocycles. The van der Waals surface area contributed by atoms with Crippen LogP contribution in [0.1, 0.15) is 38.2 Å². The lowest BCUT2D eigenvalue weighted by Gasteiger charge is -2.32. The second kappa shape index (κ2) is 6.82. The monoisotopic (exact) mass is 238 g/mol. The minimum absolute atomic E-state index is 0.440. The third-order valence-electron chi connectivity index (χ3n) is 3.60. The molecule has 1 heterocycles. The van der Waals surface area contributed by atoms with Crippen molar-refractivity contribution in [3.8, 4) is 0 Å². The largest absolute Gasteiger partial charge is 0.465 e. The lowest BCUT2D eigenvalue weighted by Crippen LogP contribution is -2.42. The van der Waals surface area contributed by atoms with Crippen molar-refractivity contribution < 1.29 is 4.42 Å². The van der Waals surface area contributed by atoms with Crippen molar-refractivity contribution in [1.29, 1.82) is 0 Å². The molecule has 1 atom stereocenters. The zero-order valence-corrected chi connectivity index (χ0v) is 11.6. The second-order valence-electron chi connectivity index (χ2n) is 4.81. The average molecular weight is 238 g/mol. The first-order valence-corrected chi connectivity index (χ1v) is 6.57. The van der Waals surface area contributed by atoms with Crippen LogP contribution >= 0.6 is 0 Å². The highest BCUT2D eigenvalue weighted by Crippen LogP contribution is 2.19. The maximum absolute atomic E-state index is 5.91. The van der Waals surface area contributed by atoms with Gasteiger partial charge in [0.15, 0.2) is 0 Å². The van der Waals surface area contributed by atoms with E-state index in [4.69, 9.17) is 10.2 Å². The lowest BCUT2D eigenvalue weighted by atomic mass is 9.93. The van der Waals surface area contributed by atoms with E-state index >= 15 is 0 Å². The maximum Gasteiger partial charge on any atom is 0.118 e. The van der Waals surface area contributed by atoms with E-state index in [0.29, 0.717) is 18.5 Å². The van der Waals surface area contributed by atoms with Gasteiger partial charge in [-0.2, -0.15) is 0 Å². The van der Waals surface area contributed by atoms with Gasteiger partial charge in [-0.1, -0.05) is 26.7 Å². The van der Waals surface area contributed by atoms with Gasteiger partial charge in [-0.3, -0.25) is 4.90 Å². The molecule has 0 saturated carbocycles. The fraction of sp³-hybridized carbons (Fsp3) is 0.714. The van der Waals surface area contributed by atoms with Crippen molar-refractivity contribution in [2.24, 2.45) is 11.7 Å². The van der Waals surface area contributed by atoms with Gasteiger partial charge >= 0.3 is 0 Å². The van der Waals surface area contributed by atoms with Crippen molar-refractivity contribution >= 4 is 0 Å². The Kier molecular flexibility index (Phi) is 5.72. The van der Waals surface area contributed by atoms with Crippen LogP contribution in [0.25, 0.3) is 0 Å². The van der Waals surface area contributed by atoms with Crippen LogP contribution < -0.4 is 5.73 Å². The highest BCUT2D eigenvalue weighted by molar-refractivity contribution is 5.05. The first kappa shape index (κ1) is 14.3. The number of furan rings is 1. The van der Waals surface area contributed by atoms with Crippen LogP contribution in [0.5, 0.6) is 0 Å². The van der Waals surface area contributed by atoms with E-state index in [1.165, 1.54) is 12.8 Å². The zero-order chi connectivity index (χ0) is 12.8. The minimum Gasteiger partial charge on any atom is -0.465 e. The van der Waals surface area contributed by atoms with Crippen LogP contribution in [0.15, 0.2) is 16.5 Å². The molecule has 0 bridgehead atoms. The number of aryl methyl sites for hydroxylation is 1. The average Bonchev–Trinajstić information content (AvgIpc) is 2.71. The number of hydrogen-bond acceptors (Lipinski definition) is 3. The third-order valence-corrected chi connectivity index (χ3v) is 3.60. The Hall–Kier alpha value is -0.800. The summed E-state index contributed by atoms with van der Waals surface area (Å²) in [5.74, 6) is 2.66. The summed E-state index contributed by atoms with van der Waals surface area (Å²) in [6, 6.07) is 4.50. The van der Waals surface area contributed by atoms with Crippen LogP contribution in [0.2, 0.25) is 0 Å². The van der Waals surface area contributed by atoms with Crippen molar-refractivity contribution in [1.82, 2.24) is 4.90 Å². The normalized spacial score (nSPS) is 13.6. The molecule has 1 aromatic rings. The number of nitrogens with two attached hydrogens (primary N) is 1. The van der Waals surface area contributed by atoms with Gasteiger partial charge in [0.25, 0.3) is 0 Å². The molecule has 0 fully saturated rings. The molecular weight excluding hydrogens is 212 g/mol. The Morgan fingerprint density at radius 2 is 1.94 bits per heavy atom. The summed E-state index contributed by atoms with van der Waals surface area (Å²) in [6.45, 7) is 8.00. The molecule has 0 aliphatic rings.